The summed E-state index contributed by atoms with van der Waals surface area (Å²) < 4.78 is 6.21. The highest BCUT2D eigenvalue weighted by Crippen LogP contribution is 2.63. The molecular weight excluding hydrogens is 316 g/mol. The van der Waals surface area contributed by atoms with Gasteiger partial charge in [-0.15, -0.1) is 0 Å². The van der Waals surface area contributed by atoms with Gasteiger partial charge in [0, 0.05) is 12.0 Å². The van der Waals surface area contributed by atoms with Crippen LogP contribution in [0.4, 0.5) is 0 Å². The highest BCUT2D eigenvalue weighted by atomic mass is 16.5. The molecule has 3 aliphatic carbocycles. The van der Waals surface area contributed by atoms with Crippen LogP contribution >= 0.6 is 0 Å². The number of rotatable bonds is 3. The maximum Gasteiger partial charge on any atom is 0.0666 e. The van der Waals surface area contributed by atoms with Gasteiger partial charge in [0.25, 0.3) is 0 Å². The van der Waals surface area contributed by atoms with Crippen molar-refractivity contribution in [3.05, 3.63) is 53.1 Å². The quantitative estimate of drug-likeness (QED) is 0.617. The summed E-state index contributed by atoms with van der Waals surface area (Å²) in [5, 5.41) is 0. The van der Waals surface area contributed by atoms with Gasteiger partial charge in [0.15, 0.2) is 0 Å². The van der Waals surface area contributed by atoms with Gasteiger partial charge < -0.3 is 4.74 Å². The van der Waals surface area contributed by atoms with E-state index in [1.165, 1.54) is 49.7 Å². The van der Waals surface area contributed by atoms with E-state index >= 15 is 0 Å². The molecule has 1 nitrogen and oxygen atoms in total. The third-order valence-electron chi connectivity index (χ3n) is 8.05. The van der Waals surface area contributed by atoms with E-state index in [-0.39, 0.29) is 5.41 Å². The number of allylic oxidation sites excluding steroid dienone is 1. The minimum Gasteiger partial charge on any atom is -0.377 e. The Balaban J connectivity index is 1.55. The van der Waals surface area contributed by atoms with Gasteiger partial charge in [-0.1, -0.05) is 50.8 Å². The minimum atomic E-state index is 0.0188. The lowest BCUT2D eigenvalue weighted by Gasteiger charge is -2.44. The van der Waals surface area contributed by atoms with Crippen LogP contribution in [-0.2, 0) is 4.74 Å². The van der Waals surface area contributed by atoms with Crippen molar-refractivity contribution in [2.24, 2.45) is 23.2 Å². The van der Waals surface area contributed by atoms with Crippen molar-refractivity contribution in [1.29, 1.82) is 0 Å². The van der Waals surface area contributed by atoms with E-state index in [1.807, 2.05) is 0 Å². The minimum absolute atomic E-state index is 0.0188. The number of benzene rings is 1. The summed E-state index contributed by atoms with van der Waals surface area (Å²) in [4.78, 5) is 0. The van der Waals surface area contributed by atoms with Crippen molar-refractivity contribution in [3.63, 3.8) is 0 Å². The zero-order chi connectivity index (χ0) is 17.9. The van der Waals surface area contributed by atoms with E-state index in [1.54, 1.807) is 11.1 Å². The molecule has 0 spiro atoms. The fourth-order valence-corrected chi connectivity index (χ4v) is 6.56. The third-order valence-corrected chi connectivity index (χ3v) is 8.05. The van der Waals surface area contributed by atoms with Crippen molar-refractivity contribution in [3.8, 4) is 0 Å². The largest absolute Gasteiger partial charge is 0.377 e. The average molecular weight is 349 g/mol. The van der Waals surface area contributed by atoms with Crippen LogP contribution < -0.4 is 0 Å². The Bertz CT molecular complexity index is 749. The lowest BCUT2D eigenvalue weighted by Crippen LogP contribution is -2.38. The SMILES string of the molecule is C=C(C1=Cc2ccccc2[C@@H]2[C@H]3CC[C@H](C3)[C@H]12)C(C)(C)C1CCCCO1. The second kappa shape index (κ2) is 6.09. The monoisotopic (exact) mass is 348 g/mol. The Morgan fingerprint density at radius 3 is 2.58 bits per heavy atom. The zero-order valence-corrected chi connectivity index (χ0v) is 16.3. The summed E-state index contributed by atoms with van der Waals surface area (Å²) in [6, 6.07) is 9.13. The molecule has 2 bridgehead atoms. The lowest BCUT2D eigenvalue weighted by atomic mass is 9.62. The van der Waals surface area contributed by atoms with E-state index in [4.69, 9.17) is 11.3 Å². The van der Waals surface area contributed by atoms with Crippen molar-refractivity contribution < 1.29 is 4.74 Å². The van der Waals surface area contributed by atoms with Crippen molar-refractivity contribution >= 4 is 6.08 Å². The second-order valence-electron chi connectivity index (χ2n) is 9.67. The summed E-state index contributed by atoms with van der Waals surface area (Å²) in [7, 11) is 0. The molecule has 1 aromatic rings. The van der Waals surface area contributed by atoms with E-state index in [0.717, 1.165) is 24.4 Å². The van der Waals surface area contributed by atoms with E-state index < -0.39 is 0 Å². The molecule has 5 atom stereocenters. The molecule has 0 radical (unpaired) electrons. The second-order valence-corrected chi connectivity index (χ2v) is 9.67. The summed E-state index contributed by atoms with van der Waals surface area (Å²) in [6.45, 7) is 10.4. The van der Waals surface area contributed by atoms with Crippen LogP contribution in [0, 0.1) is 23.2 Å². The molecule has 1 aliphatic heterocycles. The van der Waals surface area contributed by atoms with Crippen molar-refractivity contribution in [2.45, 2.75) is 64.4 Å². The Morgan fingerprint density at radius 2 is 1.81 bits per heavy atom. The highest BCUT2D eigenvalue weighted by molar-refractivity contribution is 5.68. The first-order valence-corrected chi connectivity index (χ1v) is 10.7. The molecule has 5 rings (SSSR count). The van der Waals surface area contributed by atoms with E-state index in [2.05, 4.69) is 44.2 Å². The molecule has 2 saturated carbocycles. The summed E-state index contributed by atoms with van der Waals surface area (Å²) >= 11 is 0. The van der Waals surface area contributed by atoms with Crippen molar-refractivity contribution in [1.82, 2.24) is 0 Å². The first kappa shape index (κ1) is 16.8. The fourth-order valence-electron chi connectivity index (χ4n) is 6.56. The van der Waals surface area contributed by atoms with E-state index in [0.29, 0.717) is 12.0 Å². The molecule has 0 amide bonds. The highest BCUT2D eigenvalue weighted by Gasteiger charge is 2.52. The predicted molar refractivity (Wildman–Crippen MR) is 108 cm³/mol. The molecule has 3 fully saturated rings. The van der Waals surface area contributed by atoms with Crippen LogP contribution in [0.2, 0.25) is 0 Å². The summed E-state index contributed by atoms with van der Waals surface area (Å²) in [5.74, 6) is 3.17. The molecule has 26 heavy (non-hydrogen) atoms. The van der Waals surface area contributed by atoms with Gasteiger partial charge in [0.05, 0.1) is 6.10 Å². The zero-order valence-electron chi connectivity index (χ0n) is 16.3. The fraction of sp³-hybridized carbons (Fsp3) is 0.600. The van der Waals surface area contributed by atoms with Gasteiger partial charge >= 0.3 is 0 Å². The maximum atomic E-state index is 6.21. The number of fused-ring (bicyclic) bond motifs is 7. The van der Waals surface area contributed by atoms with Gasteiger partial charge in [-0.2, -0.15) is 0 Å². The van der Waals surface area contributed by atoms with Crippen molar-refractivity contribution in [2.75, 3.05) is 6.61 Å². The van der Waals surface area contributed by atoms with Gasteiger partial charge in [-0.05, 0) is 84.5 Å². The van der Waals surface area contributed by atoms with Crippen LogP contribution in [0.1, 0.15) is 69.4 Å². The Kier molecular flexibility index (Phi) is 3.94. The maximum absolute atomic E-state index is 6.21. The lowest BCUT2D eigenvalue weighted by molar-refractivity contribution is -0.0403. The molecule has 0 aromatic heterocycles. The molecule has 4 aliphatic rings. The normalized spacial score (nSPS) is 35.6. The Labute approximate surface area is 158 Å². The first-order chi connectivity index (χ1) is 12.6. The van der Waals surface area contributed by atoms with Gasteiger partial charge in [0.2, 0.25) is 0 Å². The molecular formula is C25H32O. The topological polar surface area (TPSA) is 9.23 Å². The van der Waals surface area contributed by atoms with Crippen LogP contribution in [0.5, 0.6) is 0 Å². The summed E-state index contributed by atoms with van der Waals surface area (Å²) in [5.41, 5.74) is 5.97. The van der Waals surface area contributed by atoms with Crippen LogP contribution in [0.25, 0.3) is 6.08 Å². The molecule has 1 heterocycles. The first-order valence-electron chi connectivity index (χ1n) is 10.7. The average Bonchev–Trinajstić information content (AvgIpc) is 3.30. The molecule has 138 valence electrons. The molecule has 1 unspecified atom stereocenters. The van der Waals surface area contributed by atoms with Crippen LogP contribution in [-0.4, -0.2) is 12.7 Å². The molecule has 1 heteroatoms. The van der Waals surface area contributed by atoms with Crippen LogP contribution in [0.3, 0.4) is 0 Å². The van der Waals surface area contributed by atoms with Gasteiger partial charge in [0.1, 0.15) is 0 Å². The van der Waals surface area contributed by atoms with Gasteiger partial charge in [-0.25, -0.2) is 0 Å². The summed E-state index contributed by atoms with van der Waals surface area (Å²) in [6.07, 6.45) is 10.8. The smallest absolute Gasteiger partial charge is 0.0666 e. The number of ether oxygens (including phenoxy) is 1. The molecule has 1 aromatic carbocycles. The standard InChI is InChI=1S/C25H32O/c1-16(25(2,3)22-10-6-7-13-26-22)21-15-17-8-4-5-9-20(17)23-18-11-12-19(14-18)24(21)23/h4-5,8-9,15,18-19,22-24H,1,6-7,10-14H2,2-3H3/t18-,19+,22?,23-,24+/m0/s1. The predicted octanol–water partition coefficient (Wildman–Crippen LogP) is 6.36. The molecule has 1 saturated heterocycles. The number of hydrogen-bond donors (Lipinski definition) is 0. The Hall–Kier alpha value is -1.34. The van der Waals surface area contributed by atoms with Crippen LogP contribution in [0.15, 0.2) is 42.0 Å². The number of hydrogen-bond acceptors (Lipinski definition) is 1. The molecule has 0 N–H and O–H groups in total. The third kappa shape index (κ3) is 2.39. The Morgan fingerprint density at radius 1 is 1.04 bits per heavy atom. The van der Waals surface area contributed by atoms with E-state index in [9.17, 15) is 0 Å². The van der Waals surface area contributed by atoms with Gasteiger partial charge in [-0.3, -0.25) is 0 Å².